The second-order valence-electron chi connectivity index (χ2n) is 3.35. The van der Waals surface area contributed by atoms with Crippen molar-refractivity contribution in [1.82, 2.24) is 5.32 Å². The lowest BCUT2D eigenvalue weighted by Crippen LogP contribution is -2.32. The molecule has 0 aromatic heterocycles. The molecule has 3 nitrogen and oxygen atoms in total. The number of hydrogen-bond donors (Lipinski definition) is 2. The molecule has 1 atom stereocenters. The van der Waals surface area contributed by atoms with Crippen LogP contribution in [0, 0.1) is 0 Å². The predicted octanol–water partition coefficient (Wildman–Crippen LogP) is 0.693. The molecule has 0 aliphatic rings. The van der Waals surface area contributed by atoms with Crippen molar-refractivity contribution in [2.45, 2.75) is 18.9 Å². The Kier molecular flexibility index (Phi) is 4.13. The summed E-state index contributed by atoms with van der Waals surface area (Å²) in [7, 11) is 1.84. The van der Waals surface area contributed by atoms with Crippen LogP contribution in [0.25, 0.3) is 0 Å². The normalized spacial score (nSPS) is 12.4. The van der Waals surface area contributed by atoms with Gasteiger partial charge in [0.15, 0.2) is 0 Å². The van der Waals surface area contributed by atoms with Gasteiger partial charge >= 0.3 is 0 Å². The van der Waals surface area contributed by atoms with Crippen molar-refractivity contribution >= 4 is 5.91 Å². The number of carbonyl (C=O) groups excluding carboxylic acids is 1. The van der Waals surface area contributed by atoms with E-state index in [2.05, 4.69) is 5.32 Å². The van der Waals surface area contributed by atoms with Crippen LogP contribution in [0.4, 0.5) is 0 Å². The molecular weight excluding hydrogens is 176 g/mol. The van der Waals surface area contributed by atoms with Crippen LogP contribution < -0.4 is 11.1 Å². The van der Waals surface area contributed by atoms with Gasteiger partial charge in [-0.1, -0.05) is 30.3 Å². The average Bonchev–Trinajstić information content (AvgIpc) is 2.17. The first kappa shape index (κ1) is 10.7. The highest BCUT2D eigenvalue weighted by Gasteiger charge is 2.09. The first-order valence-electron chi connectivity index (χ1n) is 4.72. The number of likely N-dealkylation sites (N-methyl/N-ethyl adjacent to an activating group) is 1. The SMILES string of the molecule is CN[C@H](CC(N)=O)Cc1ccccc1. The Labute approximate surface area is 84.3 Å². The zero-order chi connectivity index (χ0) is 10.4. The fourth-order valence-electron chi connectivity index (χ4n) is 1.42. The summed E-state index contributed by atoms with van der Waals surface area (Å²) in [6.45, 7) is 0. The molecule has 0 heterocycles. The van der Waals surface area contributed by atoms with Crippen molar-refractivity contribution < 1.29 is 4.79 Å². The van der Waals surface area contributed by atoms with E-state index < -0.39 is 0 Å². The molecule has 0 aliphatic heterocycles. The van der Waals surface area contributed by atoms with E-state index in [1.807, 2.05) is 37.4 Å². The lowest BCUT2D eigenvalue weighted by atomic mass is 10.0. The van der Waals surface area contributed by atoms with Crippen molar-refractivity contribution in [3.63, 3.8) is 0 Å². The monoisotopic (exact) mass is 192 g/mol. The number of nitrogens with one attached hydrogen (secondary N) is 1. The Balaban J connectivity index is 2.53. The number of carbonyl (C=O) groups is 1. The van der Waals surface area contributed by atoms with Gasteiger partial charge in [-0.3, -0.25) is 4.79 Å². The summed E-state index contributed by atoms with van der Waals surface area (Å²) in [6.07, 6.45) is 1.21. The lowest BCUT2D eigenvalue weighted by molar-refractivity contribution is -0.118. The first-order chi connectivity index (χ1) is 6.72. The van der Waals surface area contributed by atoms with Crippen molar-refractivity contribution in [2.75, 3.05) is 7.05 Å². The molecule has 3 N–H and O–H groups in total. The van der Waals surface area contributed by atoms with Crippen LogP contribution >= 0.6 is 0 Å². The molecule has 1 aromatic carbocycles. The van der Waals surface area contributed by atoms with Gasteiger partial charge < -0.3 is 11.1 Å². The van der Waals surface area contributed by atoms with Gasteiger partial charge in [0.25, 0.3) is 0 Å². The van der Waals surface area contributed by atoms with Crippen LogP contribution in [0.15, 0.2) is 30.3 Å². The standard InChI is InChI=1S/C11H16N2O/c1-13-10(8-11(12)14)7-9-5-3-2-4-6-9/h2-6,10,13H,7-8H2,1H3,(H2,12,14)/t10-/m0/s1. The van der Waals surface area contributed by atoms with Crippen molar-refractivity contribution in [3.8, 4) is 0 Å². The van der Waals surface area contributed by atoms with E-state index in [0.717, 1.165) is 6.42 Å². The third kappa shape index (κ3) is 3.58. The number of benzene rings is 1. The molecule has 0 spiro atoms. The Bertz CT molecular complexity index is 285. The maximum atomic E-state index is 10.7. The van der Waals surface area contributed by atoms with E-state index in [-0.39, 0.29) is 11.9 Å². The van der Waals surface area contributed by atoms with Gasteiger partial charge in [-0.25, -0.2) is 0 Å². The molecular formula is C11H16N2O. The molecule has 3 heteroatoms. The summed E-state index contributed by atoms with van der Waals surface area (Å²) in [5.41, 5.74) is 6.36. The highest BCUT2D eigenvalue weighted by molar-refractivity contribution is 5.74. The van der Waals surface area contributed by atoms with Gasteiger partial charge in [-0.2, -0.15) is 0 Å². The number of hydrogen-bond acceptors (Lipinski definition) is 2. The average molecular weight is 192 g/mol. The molecule has 14 heavy (non-hydrogen) atoms. The smallest absolute Gasteiger partial charge is 0.218 e. The fourth-order valence-corrected chi connectivity index (χ4v) is 1.42. The van der Waals surface area contributed by atoms with Crippen molar-refractivity contribution in [1.29, 1.82) is 0 Å². The molecule has 1 amide bonds. The maximum Gasteiger partial charge on any atom is 0.218 e. The fraction of sp³-hybridized carbons (Fsp3) is 0.364. The highest BCUT2D eigenvalue weighted by Crippen LogP contribution is 2.04. The largest absolute Gasteiger partial charge is 0.370 e. The zero-order valence-electron chi connectivity index (χ0n) is 8.36. The minimum atomic E-state index is -0.264. The van der Waals surface area contributed by atoms with Gasteiger partial charge in [0.1, 0.15) is 0 Å². The van der Waals surface area contributed by atoms with Gasteiger partial charge in [0.2, 0.25) is 5.91 Å². The Morgan fingerprint density at radius 1 is 1.43 bits per heavy atom. The molecule has 0 bridgehead atoms. The summed E-state index contributed by atoms with van der Waals surface area (Å²) in [6, 6.07) is 10.2. The molecule has 0 fully saturated rings. The summed E-state index contributed by atoms with van der Waals surface area (Å²) >= 11 is 0. The molecule has 0 radical (unpaired) electrons. The van der Waals surface area contributed by atoms with Gasteiger partial charge in [0.05, 0.1) is 0 Å². The number of amides is 1. The second kappa shape index (κ2) is 5.40. The highest BCUT2D eigenvalue weighted by atomic mass is 16.1. The Morgan fingerprint density at radius 3 is 2.57 bits per heavy atom. The van der Waals surface area contributed by atoms with E-state index in [4.69, 9.17) is 5.73 Å². The van der Waals surface area contributed by atoms with Gasteiger partial charge in [0, 0.05) is 12.5 Å². The summed E-state index contributed by atoms with van der Waals surface area (Å²) in [5, 5.41) is 3.08. The number of rotatable bonds is 5. The Hall–Kier alpha value is -1.35. The van der Waals surface area contributed by atoms with Crippen LogP contribution in [0.5, 0.6) is 0 Å². The topological polar surface area (TPSA) is 55.1 Å². The molecule has 76 valence electrons. The molecule has 0 saturated heterocycles. The van der Waals surface area contributed by atoms with E-state index in [0.29, 0.717) is 6.42 Å². The first-order valence-corrected chi connectivity index (χ1v) is 4.72. The zero-order valence-corrected chi connectivity index (χ0v) is 8.36. The van der Waals surface area contributed by atoms with Gasteiger partial charge in [-0.15, -0.1) is 0 Å². The van der Waals surface area contributed by atoms with Crippen LogP contribution in [0.1, 0.15) is 12.0 Å². The number of primary amides is 1. The van der Waals surface area contributed by atoms with Gasteiger partial charge in [-0.05, 0) is 19.0 Å². The number of nitrogens with two attached hydrogens (primary N) is 1. The van der Waals surface area contributed by atoms with Crippen LogP contribution in [0.3, 0.4) is 0 Å². The quantitative estimate of drug-likeness (QED) is 0.721. The molecule has 1 rings (SSSR count). The van der Waals surface area contributed by atoms with E-state index in [9.17, 15) is 4.79 Å². The molecule has 1 aromatic rings. The third-order valence-corrected chi connectivity index (χ3v) is 2.18. The Morgan fingerprint density at radius 2 is 2.07 bits per heavy atom. The minimum Gasteiger partial charge on any atom is -0.370 e. The molecule has 0 aliphatic carbocycles. The van der Waals surface area contributed by atoms with E-state index >= 15 is 0 Å². The lowest BCUT2D eigenvalue weighted by Gasteiger charge is -2.13. The molecule has 0 saturated carbocycles. The summed E-state index contributed by atoms with van der Waals surface area (Å²) in [5.74, 6) is -0.264. The summed E-state index contributed by atoms with van der Waals surface area (Å²) < 4.78 is 0. The van der Waals surface area contributed by atoms with Crippen molar-refractivity contribution in [2.24, 2.45) is 5.73 Å². The van der Waals surface area contributed by atoms with E-state index in [1.54, 1.807) is 0 Å². The minimum absolute atomic E-state index is 0.134. The van der Waals surface area contributed by atoms with Crippen LogP contribution in [-0.4, -0.2) is 19.0 Å². The maximum absolute atomic E-state index is 10.7. The molecule has 0 unspecified atom stereocenters. The van der Waals surface area contributed by atoms with Crippen molar-refractivity contribution in [3.05, 3.63) is 35.9 Å². The second-order valence-corrected chi connectivity index (χ2v) is 3.35. The van der Waals surface area contributed by atoms with E-state index in [1.165, 1.54) is 5.56 Å². The predicted molar refractivity (Wildman–Crippen MR) is 56.8 cm³/mol. The summed E-state index contributed by atoms with van der Waals surface area (Å²) in [4.78, 5) is 10.7. The third-order valence-electron chi connectivity index (χ3n) is 2.18. The van der Waals surface area contributed by atoms with Crippen LogP contribution in [-0.2, 0) is 11.2 Å². The van der Waals surface area contributed by atoms with Crippen LogP contribution in [0.2, 0.25) is 0 Å².